The topological polar surface area (TPSA) is 26.3 Å². The van der Waals surface area contributed by atoms with Crippen molar-refractivity contribution in [2.45, 2.75) is 111 Å². The Morgan fingerprint density at radius 3 is 1.83 bits per heavy atom. The third-order valence-electron chi connectivity index (χ3n) is 17.2. The van der Waals surface area contributed by atoms with Crippen LogP contribution in [0.3, 0.4) is 0 Å². The molecule has 276 valence electrons. The molecule has 3 aromatic carbocycles. The van der Waals surface area contributed by atoms with Gasteiger partial charge in [-0.3, -0.25) is 0 Å². The van der Waals surface area contributed by atoms with E-state index in [1.54, 1.807) is 0 Å². The zero-order valence-electron chi connectivity index (χ0n) is 33.0. The third kappa shape index (κ3) is 5.16. The fourth-order valence-electron chi connectivity index (χ4n) is 15.0. The number of ether oxygens (including phenoxy) is 1. The highest BCUT2D eigenvalue weighted by Gasteiger charge is 2.71. The molecule has 2 heteroatoms. The van der Waals surface area contributed by atoms with Crippen LogP contribution in [0.25, 0.3) is 0 Å². The van der Waals surface area contributed by atoms with Gasteiger partial charge in [0.25, 0.3) is 0 Å². The van der Waals surface area contributed by atoms with Crippen molar-refractivity contribution in [2.75, 3.05) is 6.61 Å². The maximum Gasteiger partial charge on any atom is 0.143 e. The molecule has 52 heavy (non-hydrogen) atoms. The minimum Gasteiger partial charge on any atom is -0.360 e. The Morgan fingerprint density at radius 2 is 1.29 bits per heavy atom. The zero-order valence-corrected chi connectivity index (χ0v) is 33.0. The van der Waals surface area contributed by atoms with E-state index in [9.17, 15) is 4.79 Å². The van der Waals surface area contributed by atoms with Crippen LogP contribution in [-0.4, -0.2) is 12.9 Å². The SMILES string of the molecule is C=C(C)[C@@H]1CC[C@]2(COC(c3ccccc3)(c3ccccc3)c3ccccc3)CC[C@]3(C)[C@H](CC[C@@H]4[C@@]5(C)CC(C=O)CC(C)(C)[C@@H]5CC[C@]43C)[C@@H]12. The van der Waals surface area contributed by atoms with Gasteiger partial charge in [0.1, 0.15) is 11.9 Å². The van der Waals surface area contributed by atoms with Gasteiger partial charge in [0, 0.05) is 5.92 Å². The molecule has 0 saturated heterocycles. The Morgan fingerprint density at radius 1 is 0.712 bits per heavy atom. The van der Waals surface area contributed by atoms with Gasteiger partial charge in [0.05, 0.1) is 6.61 Å². The number of allylic oxidation sites excluding steroid dienone is 1. The molecule has 0 aliphatic heterocycles. The summed E-state index contributed by atoms with van der Waals surface area (Å²) in [6.07, 6.45) is 13.6. The van der Waals surface area contributed by atoms with Gasteiger partial charge >= 0.3 is 0 Å². The number of fused-ring (bicyclic) bond motifs is 7. The van der Waals surface area contributed by atoms with E-state index in [0.717, 1.165) is 19.4 Å². The second-order valence-corrected chi connectivity index (χ2v) is 19.9. The second-order valence-electron chi connectivity index (χ2n) is 19.9. The normalized spacial score (nSPS) is 39.3. The third-order valence-corrected chi connectivity index (χ3v) is 17.2. The van der Waals surface area contributed by atoms with Gasteiger partial charge in [-0.2, -0.15) is 0 Å². The molecular weight excluding hydrogens is 633 g/mol. The lowest BCUT2D eigenvalue weighted by molar-refractivity contribution is -0.245. The molecule has 3 aromatic rings. The van der Waals surface area contributed by atoms with E-state index in [-0.39, 0.29) is 33.0 Å². The van der Waals surface area contributed by atoms with Crippen molar-refractivity contribution in [1.29, 1.82) is 0 Å². The van der Waals surface area contributed by atoms with Gasteiger partial charge in [0.15, 0.2) is 0 Å². The predicted octanol–water partition coefficient (Wildman–Crippen LogP) is 12.5. The summed E-state index contributed by atoms with van der Waals surface area (Å²) in [5.41, 5.74) is 5.31. The van der Waals surface area contributed by atoms with Crippen molar-refractivity contribution < 1.29 is 9.53 Å². The Kier molecular flexibility index (Phi) is 8.88. The molecule has 8 rings (SSSR count). The van der Waals surface area contributed by atoms with Gasteiger partial charge < -0.3 is 9.53 Å². The first-order valence-corrected chi connectivity index (χ1v) is 20.8. The smallest absolute Gasteiger partial charge is 0.143 e. The molecule has 0 heterocycles. The Balaban J connectivity index is 1.19. The number of hydrogen-bond donors (Lipinski definition) is 0. The van der Waals surface area contributed by atoms with Crippen LogP contribution < -0.4 is 0 Å². The zero-order chi connectivity index (χ0) is 36.6. The van der Waals surface area contributed by atoms with Crippen molar-refractivity contribution in [3.05, 3.63) is 120 Å². The van der Waals surface area contributed by atoms with Crippen molar-refractivity contribution in [3.8, 4) is 0 Å². The molecular formula is C50H64O2. The number of aldehydes is 1. The van der Waals surface area contributed by atoms with E-state index in [2.05, 4.69) is 133 Å². The molecule has 1 unspecified atom stereocenters. The molecule has 5 saturated carbocycles. The molecule has 5 aliphatic rings. The van der Waals surface area contributed by atoms with Crippen molar-refractivity contribution in [2.24, 2.45) is 62.6 Å². The van der Waals surface area contributed by atoms with Crippen LogP contribution >= 0.6 is 0 Å². The lowest BCUT2D eigenvalue weighted by atomic mass is 9.32. The highest BCUT2D eigenvalue weighted by Crippen LogP contribution is 2.78. The van der Waals surface area contributed by atoms with Crippen molar-refractivity contribution in [1.82, 2.24) is 0 Å². The summed E-state index contributed by atoms with van der Waals surface area (Å²) >= 11 is 0. The number of carbonyl (C=O) groups excluding carboxylic acids is 1. The maximum absolute atomic E-state index is 12.4. The second kappa shape index (κ2) is 12.8. The molecule has 2 nitrogen and oxygen atoms in total. The molecule has 0 bridgehead atoms. The molecule has 5 aliphatic carbocycles. The standard InChI is InChI=1S/C50H64O2/c1-35(2)40-25-28-49(34-52-50(37-17-11-8-12-18-37,38-19-13-9-14-20-38)39-21-15-10-16-22-39)30-29-47(6)41(44(40)49)23-24-43-46(5)32-36(33-51)31-45(3,4)42(46)26-27-48(43,47)7/h8-22,33,36,40-44H,1,23-32,34H2,2-7H3/t36?,40-,41+,42-,43+,44+,46-,47+,48+,49+/m0/s1. The number of benzene rings is 3. The van der Waals surface area contributed by atoms with Crippen LogP contribution in [0.4, 0.5) is 0 Å². The molecule has 0 radical (unpaired) electrons. The minimum absolute atomic E-state index is 0.108. The largest absolute Gasteiger partial charge is 0.360 e. The van der Waals surface area contributed by atoms with Gasteiger partial charge in [-0.15, -0.1) is 0 Å². The van der Waals surface area contributed by atoms with Crippen LogP contribution in [0.1, 0.15) is 122 Å². The van der Waals surface area contributed by atoms with E-state index in [0.29, 0.717) is 29.6 Å². The summed E-state index contributed by atoms with van der Waals surface area (Å²) in [5, 5.41) is 0. The van der Waals surface area contributed by atoms with Crippen molar-refractivity contribution in [3.63, 3.8) is 0 Å². The van der Waals surface area contributed by atoms with Crippen molar-refractivity contribution >= 4 is 6.29 Å². The quantitative estimate of drug-likeness (QED) is 0.133. The number of hydrogen-bond acceptors (Lipinski definition) is 2. The Bertz CT molecular complexity index is 1660. The van der Waals surface area contributed by atoms with Crippen LogP contribution in [0.5, 0.6) is 0 Å². The first kappa shape index (κ1) is 36.0. The fourth-order valence-corrected chi connectivity index (χ4v) is 15.0. The molecule has 0 amide bonds. The van der Waals surface area contributed by atoms with Gasteiger partial charge in [-0.1, -0.05) is 138 Å². The predicted molar refractivity (Wildman–Crippen MR) is 214 cm³/mol. The van der Waals surface area contributed by atoms with Crippen LogP contribution in [-0.2, 0) is 15.1 Å². The summed E-state index contributed by atoms with van der Waals surface area (Å²) < 4.78 is 7.78. The lowest BCUT2D eigenvalue weighted by Crippen LogP contribution is -2.66. The summed E-state index contributed by atoms with van der Waals surface area (Å²) in [6, 6.07) is 32.9. The Hall–Kier alpha value is -2.97. The summed E-state index contributed by atoms with van der Waals surface area (Å²) in [6.45, 7) is 20.8. The van der Waals surface area contributed by atoms with E-state index >= 15 is 0 Å². The average molecular weight is 697 g/mol. The first-order chi connectivity index (χ1) is 24.8. The highest BCUT2D eigenvalue weighted by molar-refractivity contribution is 5.54. The Labute approximate surface area is 315 Å². The minimum atomic E-state index is -0.704. The molecule has 0 spiro atoms. The lowest BCUT2D eigenvalue weighted by Gasteiger charge is -2.73. The van der Waals surface area contributed by atoms with Gasteiger partial charge in [0.2, 0.25) is 0 Å². The summed E-state index contributed by atoms with van der Waals surface area (Å²) in [4.78, 5) is 12.4. The molecule has 5 fully saturated rings. The summed E-state index contributed by atoms with van der Waals surface area (Å²) in [5.74, 6) is 3.31. The van der Waals surface area contributed by atoms with Gasteiger partial charge in [-0.05, 0) is 144 Å². The fraction of sp³-hybridized carbons (Fsp3) is 0.580. The van der Waals surface area contributed by atoms with E-state index in [4.69, 9.17) is 11.3 Å². The molecule has 0 aromatic heterocycles. The van der Waals surface area contributed by atoms with E-state index in [1.807, 2.05) is 0 Å². The number of rotatable bonds is 8. The monoisotopic (exact) mass is 696 g/mol. The highest BCUT2D eigenvalue weighted by atomic mass is 16.5. The van der Waals surface area contributed by atoms with E-state index in [1.165, 1.54) is 79.9 Å². The van der Waals surface area contributed by atoms with Crippen LogP contribution in [0, 0.1) is 62.6 Å². The average Bonchev–Trinajstić information content (AvgIpc) is 3.53. The molecule has 0 N–H and O–H groups in total. The van der Waals surface area contributed by atoms with E-state index < -0.39 is 5.60 Å². The summed E-state index contributed by atoms with van der Waals surface area (Å²) in [7, 11) is 0. The molecule has 10 atom stereocenters. The van der Waals surface area contributed by atoms with Gasteiger partial charge in [-0.25, -0.2) is 0 Å². The maximum atomic E-state index is 12.4. The van der Waals surface area contributed by atoms with Crippen LogP contribution in [0.2, 0.25) is 0 Å². The number of carbonyl (C=O) groups is 1. The first-order valence-electron chi connectivity index (χ1n) is 20.8. The van der Waals surface area contributed by atoms with Crippen LogP contribution in [0.15, 0.2) is 103 Å².